The normalized spacial score (nSPS) is 23.4. The van der Waals surface area contributed by atoms with E-state index in [1.54, 1.807) is 0 Å². The van der Waals surface area contributed by atoms with Crippen molar-refractivity contribution in [2.24, 2.45) is 35.5 Å². The van der Waals surface area contributed by atoms with Crippen LogP contribution in [0.2, 0.25) is 0 Å². The first-order valence-corrected chi connectivity index (χ1v) is 21.1. The molecule has 4 N–H and O–H groups in total. The van der Waals surface area contributed by atoms with Crippen molar-refractivity contribution in [3.63, 3.8) is 0 Å². The van der Waals surface area contributed by atoms with Crippen molar-refractivity contribution in [3.8, 4) is 23.0 Å². The third-order valence-corrected chi connectivity index (χ3v) is 12.0. The molecule has 2 aliphatic carbocycles. The summed E-state index contributed by atoms with van der Waals surface area (Å²) in [7, 11) is 0. The molecule has 0 bridgehead atoms. The highest BCUT2D eigenvalue weighted by molar-refractivity contribution is 5.51. The van der Waals surface area contributed by atoms with E-state index in [0.717, 1.165) is 72.3 Å². The van der Waals surface area contributed by atoms with Gasteiger partial charge >= 0.3 is 0 Å². The number of phenolic OH excluding ortho intramolecular Hbond substituents is 2. The highest BCUT2D eigenvalue weighted by atomic mass is 16.5. The molecule has 2 aromatic carbocycles. The molecule has 2 aromatic rings. The summed E-state index contributed by atoms with van der Waals surface area (Å²) in [6.45, 7) is 18.7. The molecular weight excluding hydrogens is 649 g/mol. The van der Waals surface area contributed by atoms with Crippen molar-refractivity contribution in [2.75, 3.05) is 26.4 Å². The number of rotatable bonds is 18. The Balaban J connectivity index is 0.000000280. The van der Waals surface area contributed by atoms with Gasteiger partial charge in [0.1, 0.15) is 36.2 Å². The van der Waals surface area contributed by atoms with E-state index in [2.05, 4.69) is 67.5 Å². The number of aliphatic hydroxyl groups is 2. The second kappa shape index (κ2) is 22.7. The Morgan fingerprint density at radius 1 is 0.596 bits per heavy atom. The Morgan fingerprint density at radius 2 is 0.981 bits per heavy atom. The van der Waals surface area contributed by atoms with Crippen LogP contribution >= 0.6 is 0 Å². The van der Waals surface area contributed by atoms with E-state index in [9.17, 15) is 20.4 Å². The molecule has 0 saturated heterocycles. The third kappa shape index (κ3) is 12.9. The standard InChI is InChI=1S/2C23H38O3/c2*1-5-6-7-8-18-14-21(25)23(22(15-18)26-12-11-24)20-13-17(4)9-10-19(20)16(2)3/h2*14-17,19-20,24-25H,5-13H2,1-4H3/t17-,19+,20-;17-,19-,20+/m10/s1. The number of hydrogen-bond donors (Lipinski definition) is 4. The fourth-order valence-corrected chi connectivity index (χ4v) is 9.15. The van der Waals surface area contributed by atoms with Gasteiger partial charge in [0.15, 0.2) is 0 Å². The van der Waals surface area contributed by atoms with Crippen molar-refractivity contribution < 1.29 is 29.9 Å². The van der Waals surface area contributed by atoms with E-state index in [4.69, 9.17) is 9.47 Å². The van der Waals surface area contributed by atoms with Gasteiger partial charge in [0, 0.05) is 11.1 Å². The topological polar surface area (TPSA) is 99.4 Å². The zero-order valence-corrected chi connectivity index (χ0v) is 34.3. The summed E-state index contributed by atoms with van der Waals surface area (Å²) in [6, 6.07) is 8.12. The van der Waals surface area contributed by atoms with Crippen LogP contribution in [0.4, 0.5) is 0 Å². The number of unbranched alkanes of at least 4 members (excludes halogenated alkanes) is 4. The lowest BCUT2D eigenvalue weighted by atomic mass is 9.67. The minimum atomic E-state index is -0.00502. The van der Waals surface area contributed by atoms with Crippen LogP contribution in [0.3, 0.4) is 0 Å². The largest absolute Gasteiger partial charge is 0.508 e. The van der Waals surface area contributed by atoms with Crippen LogP contribution in [0.25, 0.3) is 0 Å². The van der Waals surface area contributed by atoms with Gasteiger partial charge in [0.25, 0.3) is 0 Å². The fourth-order valence-electron chi connectivity index (χ4n) is 9.15. The summed E-state index contributed by atoms with van der Waals surface area (Å²) < 4.78 is 11.8. The zero-order valence-electron chi connectivity index (χ0n) is 34.3. The van der Waals surface area contributed by atoms with Gasteiger partial charge in [-0.25, -0.2) is 0 Å². The van der Waals surface area contributed by atoms with Crippen LogP contribution in [-0.4, -0.2) is 46.9 Å². The molecule has 0 unspecified atom stereocenters. The summed E-state index contributed by atoms with van der Waals surface area (Å²) >= 11 is 0. The van der Waals surface area contributed by atoms with Gasteiger partial charge in [0.05, 0.1) is 13.2 Å². The van der Waals surface area contributed by atoms with Crippen molar-refractivity contribution in [3.05, 3.63) is 46.5 Å². The monoisotopic (exact) mass is 725 g/mol. The van der Waals surface area contributed by atoms with Gasteiger partial charge in [-0.15, -0.1) is 0 Å². The molecule has 0 spiro atoms. The SMILES string of the molecule is CCCCCc1cc(O)c([C@@H]2C[C@@H](C)CC[C@H]2C(C)C)c(OCCO)c1.CCCCCc1cc(O)c([C@@H]2C[C@H](C)CC[C@H]2C(C)C)c(OCCO)c1. The minimum Gasteiger partial charge on any atom is -0.508 e. The number of aryl methyl sites for hydroxylation is 2. The molecule has 2 aliphatic rings. The second-order valence-corrected chi connectivity index (χ2v) is 17.0. The Bertz CT molecular complexity index is 1200. The first-order chi connectivity index (χ1) is 24.9. The maximum atomic E-state index is 10.9. The highest BCUT2D eigenvalue weighted by Crippen LogP contribution is 2.51. The van der Waals surface area contributed by atoms with Gasteiger partial charge in [0.2, 0.25) is 0 Å². The average Bonchev–Trinajstić information content (AvgIpc) is 3.09. The van der Waals surface area contributed by atoms with Crippen molar-refractivity contribution in [1.82, 2.24) is 0 Å². The van der Waals surface area contributed by atoms with E-state index < -0.39 is 0 Å². The first-order valence-electron chi connectivity index (χ1n) is 21.1. The Hall–Kier alpha value is -2.44. The number of ether oxygens (including phenoxy) is 2. The number of benzene rings is 2. The van der Waals surface area contributed by atoms with Crippen molar-refractivity contribution >= 4 is 0 Å². The number of hydrogen-bond acceptors (Lipinski definition) is 6. The van der Waals surface area contributed by atoms with E-state index in [1.165, 1.54) is 51.4 Å². The van der Waals surface area contributed by atoms with Crippen LogP contribution in [0.5, 0.6) is 23.0 Å². The van der Waals surface area contributed by atoms with Crippen molar-refractivity contribution in [2.45, 2.75) is 157 Å². The number of aromatic hydroxyl groups is 2. The zero-order chi connectivity index (χ0) is 38.2. The summed E-state index contributed by atoms with van der Waals surface area (Å²) in [4.78, 5) is 0. The first kappa shape index (κ1) is 44.0. The summed E-state index contributed by atoms with van der Waals surface area (Å²) in [5.41, 5.74) is 4.22. The molecule has 2 fully saturated rings. The molecular formula is C46H76O6. The lowest BCUT2D eigenvalue weighted by Crippen LogP contribution is -2.26. The quantitative estimate of drug-likeness (QED) is 0.114. The van der Waals surface area contributed by atoms with Gasteiger partial charge in [-0.3, -0.25) is 0 Å². The van der Waals surface area contributed by atoms with E-state index in [0.29, 0.717) is 58.8 Å². The Kier molecular flexibility index (Phi) is 19.2. The molecule has 6 nitrogen and oxygen atoms in total. The molecule has 0 aliphatic heterocycles. The molecule has 2 saturated carbocycles. The number of phenols is 2. The Morgan fingerprint density at radius 3 is 1.31 bits per heavy atom. The average molecular weight is 725 g/mol. The van der Waals surface area contributed by atoms with E-state index in [1.807, 2.05) is 12.1 Å². The van der Waals surface area contributed by atoms with E-state index >= 15 is 0 Å². The fraction of sp³-hybridized carbons (Fsp3) is 0.739. The van der Waals surface area contributed by atoms with Gasteiger partial charge in [-0.1, -0.05) is 93.9 Å². The molecule has 6 heteroatoms. The van der Waals surface area contributed by atoms with Crippen LogP contribution < -0.4 is 9.47 Å². The van der Waals surface area contributed by atoms with Crippen LogP contribution in [-0.2, 0) is 12.8 Å². The molecule has 6 atom stereocenters. The van der Waals surface area contributed by atoms with E-state index in [-0.39, 0.29) is 26.4 Å². The highest BCUT2D eigenvalue weighted by Gasteiger charge is 2.36. The molecule has 0 aromatic heterocycles. The molecule has 296 valence electrons. The van der Waals surface area contributed by atoms with Gasteiger partial charge in [-0.2, -0.15) is 0 Å². The predicted octanol–water partition coefficient (Wildman–Crippen LogP) is 11.3. The van der Waals surface area contributed by atoms with Crippen LogP contribution in [0.1, 0.15) is 167 Å². The molecule has 0 radical (unpaired) electrons. The maximum Gasteiger partial charge on any atom is 0.126 e. The van der Waals surface area contributed by atoms with Gasteiger partial charge < -0.3 is 29.9 Å². The Labute approximate surface area is 317 Å². The number of aliphatic hydroxyl groups excluding tert-OH is 2. The van der Waals surface area contributed by atoms with Gasteiger partial charge in [-0.05, 0) is 134 Å². The lowest BCUT2D eigenvalue weighted by molar-refractivity contribution is 0.178. The molecule has 4 rings (SSSR count). The van der Waals surface area contributed by atoms with Crippen molar-refractivity contribution in [1.29, 1.82) is 0 Å². The smallest absolute Gasteiger partial charge is 0.126 e. The molecule has 0 heterocycles. The van der Waals surface area contributed by atoms with Crippen LogP contribution in [0, 0.1) is 35.5 Å². The molecule has 52 heavy (non-hydrogen) atoms. The lowest BCUT2D eigenvalue weighted by Gasteiger charge is -2.38. The maximum absolute atomic E-state index is 10.9. The molecule has 0 amide bonds. The third-order valence-electron chi connectivity index (χ3n) is 12.0. The van der Waals surface area contributed by atoms with Crippen LogP contribution in [0.15, 0.2) is 24.3 Å². The minimum absolute atomic E-state index is 0.00502. The predicted molar refractivity (Wildman–Crippen MR) is 216 cm³/mol. The second-order valence-electron chi connectivity index (χ2n) is 17.0. The summed E-state index contributed by atoms with van der Waals surface area (Å²) in [5, 5.41) is 40.3. The summed E-state index contributed by atoms with van der Waals surface area (Å²) in [5.74, 6) is 6.66. The summed E-state index contributed by atoms with van der Waals surface area (Å²) in [6.07, 6.45) is 16.1.